The molecule has 1 aliphatic heterocycles. The molecule has 1 heterocycles. The van der Waals surface area contributed by atoms with Gasteiger partial charge in [-0.2, -0.15) is 0 Å². The molecule has 1 nitrogen and oxygen atoms in total. The minimum absolute atomic E-state index is 1.06. The van der Waals surface area contributed by atoms with Crippen LogP contribution in [0, 0.1) is 0 Å². The van der Waals surface area contributed by atoms with Gasteiger partial charge in [0.05, 0.1) is 5.45 Å². The van der Waals surface area contributed by atoms with Gasteiger partial charge in [0.1, 0.15) is 0 Å². The maximum absolute atomic E-state index is 3.44. The van der Waals surface area contributed by atoms with Crippen LogP contribution in [0.15, 0.2) is 0 Å². The maximum atomic E-state index is 3.44. The van der Waals surface area contributed by atoms with Gasteiger partial charge < -0.3 is 0 Å². The van der Waals surface area contributed by atoms with Crippen LogP contribution < -0.4 is 0 Å². The molecule has 48 valence electrons. The lowest BCUT2D eigenvalue weighted by Crippen LogP contribution is -2.27. The Bertz CT molecular complexity index is 59.5. The third kappa shape index (κ3) is 1.75. The second kappa shape index (κ2) is 3.46. The lowest BCUT2D eigenvalue weighted by atomic mass is 10.1. The summed E-state index contributed by atoms with van der Waals surface area (Å²) in [5.41, 5.74) is 1.06. The van der Waals surface area contributed by atoms with E-state index in [1.807, 2.05) is 0 Å². The Balaban J connectivity index is 2.13. The largest absolute Gasteiger partial charge is 0.293 e. The van der Waals surface area contributed by atoms with E-state index in [1.165, 1.54) is 32.4 Å². The van der Waals surface area contributed by atoms with Crippen LogP contribution in [0.3, 0.4) is 0 Å². The molecule has 8 heavy (non-hydrogen) atoms. The van der Waals surface area contributed by atoms with E-state index in [0.29, 0.717) is 0 Å². The molecule has 0 aromatic carbocycles. The third-order valence-electron chi connectivity index (χ3n) is 1.62. The van der Waals surface area contributed by atoms with Crippen LogP contribution in [0.25, 0.3) is 0 Å². The van der Waals surface area contributed by atoms with Gasteiger partial charge in [0.25, 0.3) is 0 Å². The smallest absolute Gasteiger partial charge is 0.0542 e. The first kappa shape index (κ1) is 6.56. The Labute approximate surface area is 59.2 Å². The van der Waals surface area contributed by atoms with Gasteiger partial charge in [-0.05, 0) is 25.9 Å². The Morgan fingerprint density at radius 2 is 1.75 bits per heavy atom. The number of nitrogens with zero attached hydrogens (tertiary/aromatic N) is 1. The molecule has 0 radical (unpaired) electrons. The van der Waals surface area contributed by atoms with Crippen LogP contribution in [0.5, 0.6) is 0 Å². The predicted octanol–water partition coefficient (Wildman–Crippen LogP) is 1.82. The zero-order chi connectivity index (χ0) is 5.82. The highest BCUT2D eigenvalue weighted by Crippen LogP contribution is 2.08. The van der Waals surface area contributed by atoms with Crippen molar-refractivity contribution >= 4 is 15.9 Å². The lowest BCUT2D eigenvalue weighted by molar-refractivity contribution is 0.269. The maximum Gasteiger partial charge on any atom is 0.0542 e. The summed E-state index contributed by atoms with van der Waals surface area (Å²) in [4.78, 5) is 2.43. The van der Waals surface area contributed by atoms with Crippen molar-refractivity contribution in [3.8, 4) is 0 Å². The lowest BCUT2D eigenvalue weighted by Gasteiger charge is -2.23. The van der Waals surface area contributed by atoms with Gasteiger partial charge in [0, 0.05) is 0 Å². The molecule has 0 bridgehead atoms. The van der Waals surface area contributed by atoms with Crippen molar-refractivity contribution < 1.29 is 0 Å². The Morgan fingerprint density at radius 1 is 1.12 bits per heavy atom. The van der Waals surface area contributed by atoms with Crippen LogP contribution in [-0.4, -0.2) is 23.4 Å². The van der Waals surface area contributed by atoms with Crippen molar-refractivity contribution in [1.29, 1.82) is 0 Å². The normalized spacial score (nSPS) is 23.6. The van der Waals surface area contributed by atoms with E-state index in [9.17, 15) is 0 Å². The third-order valence-corrected chi connectivity index (χ3v) is 2.33. The Kier molecular flexibility index (Phi) is 2.84. The van der Waals surface area contributed by atoms with Crippen LogP contribution >= 0.6 is 15.9 Å². The van der Waals surface area contributed by atoms with E-state index in [4.69, 9.17) is 0 Å². The average molecular weight is 178 g/mol. The molecule has 0 N–H and O–H groups in total. The monoisotopic (exact) mass is 177 g/mol. The van der Waals surface area contributed by atoms with E-state index in [2.05, 4.69) is 20.8 Å². The summed E-state index contributed by atoms with van der Waals surface area (Å²) < 4.78 is 0. The fraction of sp³-hybridized carbons (Fsp3) is 1.00. The molecular weight excluding hydrogens is 166 g/mol. The molecule has 1 saturated heterocycles. The van der Waals surface area contributed by atoms with E-state index < -0.39 is 0 Å². The van der Waals surface area contributed by atoms with Gasteiger partial charge in [0.2, 0.25) is 0 Å². The second-order valence-electron chi connectivity index (χ2n) is 2.30. The summed E-state index contributed by atoms with van der Waals surface area (Å²) in [6, 6.07) is 0. The fourth-order valence-electron chi connectivity index (χ4n) is 1.08. The van der Waals surface area contributed by atoms with Gasteiger partial charge in [-0.15, -0.1) is 0 Å². The first-order valence-electron chi connectivity index (χ1n) is 3.22. The first-order valence-corrected chi connectivity index (χ1v) is 4.34. The molecule has 2 heteroatoms. The summed E-state index contributed by atoms with van der Waals surface area (Å²) in [5.74, 6) is 0. The zero-order valence-electron chi connectivity index (χ0n) is 5.07. The van der Waals surface area contributed by atoms with Crippen LogP contribution in [0.1, 0.15) is 19.3 Å². The minimum Gasteiger partial charge on any atom is -0.293 e. The number of hydrogen-bond acceptors (Lipinski definition) is 1. The molecule has 1 rings (SSSR count). The van der Waals surface area contributed by atoms with Crippen molar-refractivity contribution in [2.75, 3.05) is 18.5 Å². The van der Waals surface area contributed by atoms with E-state index in [-0.39, 0.29) is 0 Å². The number of likely N-dealkylation sites (tertiary alicyclic amines) is 1. The molecule has 0 saturated carbocycles. The van der Waals surface area contributed by atoms with Crippen LogP contribution in [0.2, 0.25) is 0 Å². The van der Waals surface area contributed by atoms with Crippen LogP contribution in [-0.2, 0) is 0 Å². The van der Waals surface area contributed by atoms with Crippen molar-refractivity contribution in [3.63, 3.8) is 0 Å². The fourth-order valence-corrected chi connectivity index (χ4v) is 1.58. The summed E-state index contributed by atoms with van der Waals surface area (Å²) in [5, 5.41) is 0. The van der Waals surface area contributed by atoms with E-state index in [0.717, 1.165) is 5.45 Å². The van der Waals surface area contributed by atoms with Crippen LogP contribution in [0.4, 0.5) is 0 Å². The van der Waals surface area contributed by atoms with Gasteiger partial charge >= 0.3 is 0 Å². The molecule has 0 aromatic rings. The van der Waals surface area contributed by atoms with Gasteiger partial charge in [0.15, 0.2) is 0 Å². The highest BCUT2D eigenvalue weighted by Gasteiger charge is 2.06. The molecule has 0 atom stereocenters. The van der Waals surface area contributed by atoms with Gasteiger partial charge in [-0.1, -0.05) is 22.4 Å². The standard InChI is InChI=1S/C6H12BrN/c7-6-8-4-2-1-3-5-8/h1-6H2. The molecule has 0 aliphatic carbocycles. The van der Waals surface area contributed by atoms with Gasteiger partial charge in [-0.3, -0.25) is 4.90 Å². The minimum atomic E-state index is 1.06. The molecular formula is C6H12BrN. The molecule has 0 unspecified atom stereocenters. The van der Waals surface area contributed by atoms with E-state index >= 15 is 0 Å². The second-order valence-corrected chi connectivity index (χ2v) is 2.80. The SMILES string of the molecule is BrCN1CCCCC1. The van der Waals surface area contributed by atoms with Crippen molar-refractivity contribution in [2.45, 2.75) is 19.3 Å². The van der Waals surface area contributed by atoms with E-state index in [1.54, 1.807) is 0 Å². The highest BCUT2D eigenvalue weighted by atomic mass is 79.9. The summed E-state index contributed by atoms with van der Waals surface area (Å²) >= 11 is 3.44. The quantitative estimate of drug-likeness (QED) is 0.437. The number of hydrogen-bond donors (Lipinski definition) is 0. The van der Waals surface area contributed by atoms with Crippen molar-refractivity contribution in [2.24, 2.45) is 0 Å². The average Bonchev–Trinajstić information content (AvgIpc) is 1.90. The Hall–Kier alpha value is 0.440. The van der Waals surface area contributed by atoms with Crippen molar-refractivity contribution in [1.82, 2.24) is 4.90 Å². The molecule has 1 fully saturated rings. The van der Waals surface area contributed by atoms with Gasteiger partial charge in [-0.25, -0.2) is 0 Å². The topological polar surface area (TPSA) is 3.24 Å². The molecule has 1 aliphatic rings. The summed E-state index contributed by atoms with van der Waals surface area (Å²) in [6.07, 6.45) is 4.22. The first-order chi connectivity index (χ1) is 3.93. The number of alkyl halides is 1. The molecule has 0 spiro atoms. The summed E-state index contributed by atoms with van der Waals surface area (Å²) in [6.45, 7) is 2.59. The number of rotatable bonds is 1. The molecule has 0 aromatic heterocycles. The highest BCUT2D eigenvalue weighted by molar-refractivity contribution is 9.09. The van der Waals surface area contributed by atoms with Crippen molar-refractivity contribution in [3.05, 3.63) is 0 Å². The summed E-state index contributed by atoms with van der Waals surface area (Å²) in [7, 11) is 0. The molecule has 0 amide bonds. The Morgan fingerprint density at radius 3 is 2.12 bits per heavy atom. The number of piperidine rings is 1. The predicted molar refractivity (Wildman–Crippen MR) is 39.2 cm³/mol. The number of halogens is 1. The zero-order valence-corrected chi connectivity index (χ0v) is 6.65.